The predicted molar refractivity (Wildman–Crippen MR) is 84.0 cm³/mol. The molecule has 2 heteroatoms. The van der Waals surface area contributed by atoms with Crippen LogP contribution in [-0.2, 0) is 0 Å². The van der Waals surface area contributed by atoms with Gasteiger partial charge in [-0.15, -0.1) is 0 Å². The van der Waals surface area contributed by atoms with Crippen LogP contribution in [0.3, 0.4) is 0 Å². The average Bonchev–Trinajstić information content (AvgIpc) is 2.87. The van der Waals surface area contributed by atoms with Crippen LogP contribution in [0.25, 0.3) is 21.2 Å². The summed E-state index contributed by atoms with van der Waals surface area (Å²) in [6.07, 6.45) is 0. The molecule has 0 aliphatic carbocycles. The Bertz CT molecular complexity index is 768. The summed E-state index contributed by atoms with van der Waals surface area (Å²) in [7, 11) is 0. The normalized spacial score (nSPS) is 15.7. The molecule has 0 amide bonds. The van der Waals surface area contributed by atoms with E-state index in [-0.39, 0.29) is 0 Å². The first-order chi connectivity index (χ1) is 8.69. The molecule has 88 valence electrons. The fraction of sp³-hybridized carbons (Fsp3) is 0.125. The monoisotopic (exact) mass is 312 g/mol. The molecular weight excluding hydrogens is 297 g/mol. The zero-order valence-corrected chi connectivity index (χ0v) is 13.4. The summed E-state index contributed by atoms with van der Waals surface area (Å²) >= 11 is 0.0292. The van der Waals surface area contributed by atoms with E-state index >= 15 is 0 Å². The Morgan fingerprint density at radius 1 is 0.889 bits per heavy atom. The van der Waals surface area contributed by atoms with E-state index in [1.165, 1.54) is 15.6 Å². The van der Waals surface area contributed by atoms with Crippen molar-refractivity contribution in [3.05, 3.63) is 48.5 Å². The third kappa shape index (κ3) is 1.21. The van der Waals surface area contributed by atoms with Gasteiger partial charge in [-0.3, -0.25) is 0 Å². The van der Waals surface area contributed by atoms with E-state index in [2.05, 4.69) is 60.0 Å². The molecule has 0 unspecified atom stereocenters. The van der Waals surface area contributed by atoms with Crippen molar-refractivity contribution in [1.29, 1.82) is 0 Å². The van der Waals surface area contributed by atoms with Crippen LogP contribution in [0.4, 0.5) is 0 Å². The van der Waals surface area contributed by atoms with Crippen molar-refractivity contribution in [3.8, 4) is 11.1 Å². The minimum absolute atomic E-state index is 1.45. The van der Waals surface area contributed by atoms with Gasteiger partial charge < -0.3 is 0 Å². The first kappa shape index (κ1) is 10.8. The summed E-state index contributed by atoms with van der Waals surface area (Å²) < 4.78 is 4.82. The number of hydrogen-bond acceptors (Lipinski definition) is 1. The molecule has 4 rings (SSSR count). The van der Waals surface area contributed by atoms with Crippen LogP contribution in [-0.4, -0.2) is 13.3 Å². The minimum atomic E-state index is -2.00. The molecule has 0 saturated carbocycles. The van der Waals surface area contributed by atoms with Gasteiger partial charge in [0.1, 0.15) is 0 Å². The third-order valence-corrected chi connectivity index (χ3v) is 15.0. The standard InChI is InChI=1S/C16H14GeS/c1-17(2)13-9-5-3-7-11(13)15-12-8-4-6-10-14(12)18-16(15)17/h3-10H,1-2H3. The third-order valence-electron chi connectivity index (χ3n) is 4.03. The SMILES string of the molecule is [CH3][Ge]1([CH3])[c]2ccccc2-c2[c]1sc1ccccc21. The maximum absolute atomic E-state index is 2.53. The molecule has 0 fully saturated rings. The first-order valence-electron chi connectivity index (χ1n) is 6.31. The van der Waals surface area contributed by atoms with E-state index in [1.54, 1.807) is 13.7 Å². The molecule has 1 aromatic heterocycles. The first-order valence-corrected chi connectivity index (χ1v) is 13.4. The van der Waals surface area contributed by atoms with Crippen LogP contribution in [0.1, 0.15) is 0 Å². The fourth-order valence-corrected chi connectivity index (χ4v) is 12.5. The Morgan fingerprint density at radius 2 is 1.61 bits per heavy atom. The molecule has 0 nitrogen and oxygen atoms in total. The topological polar surface area (TPSA) is 0 Å². The molecule has 0 bridgehead atoms. The van der Waals surface area contributed by atoms with Crippen molar-refractivity contribution in [2.24, 2.45) is 0 Å². The van der Waals surface area contributed by atoms with Crippen LogP contribution < -0.4 is 8.11 Å². The Morgan fingerprint density at radius 3 is 2.50 bits per heavy atom. The van der Waals surface area contributed by atoms with Gasteiger partial charge in [-0.2, -0.15) is 0 Å². The number of fused-ring (bicyclic) bond motifs is 5. The molecule has 1 aliphatic rings. The van der Waals surface area contributed by atoms with Gasteiger partial charge in [0.15, 0.2) is 0 Å². The molecular formula is C16H14GeS. The molecule has 0 atom stereocenters. The van der Waals surface area contributed by atoms with Gasteiger partial charge in [0.2, 0.25) is 0 Å². The van der Waals surface area contributed by atoms with E-state index in [4.69, 9.17) is 0 Å². The summed E-state index contributed by atoms with van der Waals surface area (Å²) in [4.78, 5) is 0. The van der Waals surface area contributed by atoms with E-state index in [0.29, 0.717) is 0 Å². The van der Waals surface area contributed by atoms with Crippen molar-refractivity contribution < 1.29 is 0 Å². The predicted octanol–water partition coefficient (Wildman–Crippen LogP) is 3.70. The van der Waals surface area contributed by atoms with Crippen LogP contribution in [0.5, 0.6) is 0 Å². The molecule has 18 heavy (non-hydrogen) atoms. The van der Waals surface area contributed by atoms with Crippen LogP contribution in [0.2, 0.25) is 11.5 Å². The van der Waals surface area contributed by atoms with Gasteiger partial charge >= 0.3 is 114 Å². The Hall–Kier alpha value is -1.06. The van der Waals surface area contributed by atoms with Gasteiger partial charge in [-0.25, -0.2) is 0 Å². The molecule has 2 aromatic carbocycles. The second kappa shape index (κ2) is 3.49. The average molecular weight is 311 g/mol. The van der Waals surface area contributed by atoms with Crippen molar-refractivity contribution >= 4 is 42.8 Å². The molecule has 0 radical (unpaired) electrons. The summed E-state index contributed by atoms with van der Waals surface area (Å²) in [5.41, 5.74) is 3.06. The molecule has 0 N–H and O–H groups in total. The zero-order valence-electron chi connectivity index (χ0n) is 10.5. The summed E-state index contributed by atoms with van der Waals surface area (Å²) in [6, 6.07) is 17.9. The van der Waals surface area contributed by atoms with E-state index in [0.717, 1.165) is 0 Å². The number of benzene rings is 2. The molecule has 1 aliphatic heterocycles. The van der Waals surface area contributed by atoms with E-state index in [9.17, 15) is 0 Å². The maximum atomic E-state index is 2.53. The zero-order chi connectivity index (χ0) is 12.3. The molecule has 2 heterocycles. The Kier molecular flexibility index (Phi) is 2.10. The van der Waals surface area contributed by atoms with Crippen molar-refractivity contribution in [2.45, 2.75) is 11.5 Å². The van der Waals surface area contributed by atoms with Crippen molar-refractivity contribution in [3.63, 3.8) is 0 Å². The second-order valence-corrected chi connectivity index (χ2v) is 16.3. The summed E-state index contributed by atoms with van der Waals surface area (Å²) in [5.74, 6) is 5.06. The quantitative estimate of drug-likeness (QED) is 0.555. The van der Waals surface area contributed by atoms with Crippen molar-refractivity contribution in [2.75, 3.05) is 0 Å². The number of hydrogen-bond donors (Lipinski definition) is 0. The Labute approximate surface area is 114 Å². The van der Waals surface area contributed by atoms with E-state index in [1.807, 2.05) is 11.3 Å². The second-order valence-electron chi connectivity index (χ2n) is 5.47. The van der Waals surface area contributed by atoms with E-state index < -0.39 is 13.3 Å². The van der Waals surface area contributed by atoms with Gasteiger partial charge in [-0.05, 0) is 0 Å². The number of thiophene rings is 1. The van der Waals surface area contributed by atoms with Crippen LogP contribution in [0.15, 0.2) is 48.5 Å². The van der Waals surface area contributed by atoms with Gasteiger partial charge in [0.25, 0.3) is 0 Å². The van der Waals surface area contributed by atoms with Crippen LogP contribution in [0, 0.1) is 0 Å². The fourth-order valence-electron chi connectivity index (χ4n) is 3.12. The Balaban J connectivity index is 2.21. The summed E-state index contributed by atoms with van der Waals surface area (Å²) in [6.45, 7) is 0. The number of rotatable bonds is 0. The van der Waals surface area contributed by atoms with Crippen LogP contribution >= 0.6 is 11.3 Å². The molecule has 3 aromatic rings. The van der Waals surface area contributed by atoms with Gasteiger partial charge in [0, 0.05) is 0 Å². The summed E-state index contributed by atoms with van der Waals surface area (Å²) in [5, 5.41) is 1.46. The van der Waals surface area contributed by atoms with Crippen molar-refractivity contribution in [1.82, 2.24) is 0 Å². The van der Waals surface area contributed by atoms with Gasteiger partial charge in [-0.1, -0.05) is 0 Å². The molecule has 0 saturated heterocycles. The van der Waals surface area contributed by atoms with Gasteiger partial charge in [0.05, 0.1) is 0 Å². The molecule has 0 spiro atoms.